The molecule has 1 aliphatic heterocycles. The van der Waals surface area contributed by atoms with E-state index in [4.69, 9.17) is 0 Å². The molecule has 1 aliphatic carbocycles. The van der Waals surface area contributed by atoms with E-state index in [1.165, 1.54) is 27.9 Å². The predicted molar refractivity (Wildman–Crippen MR) is 125 cm³/mol. The minimum absolute atomic E-state index is 0.220. The van der Waals surface area contributed by atoms with Gasteiger partial charge in [0.05, 0.1) is 0 Å². The highest BCUT2D eigenvalue weighted by Gasteiger charge is 2.32. The fourth-order valence-corrected chi connectivity index (χ4v) is 5.46. The van der Waals surface area contributed by atoms with Crippen LogP contribution < -0.4 is 4.90 Å². The van der Waals surface area contributed by atoms with E-state index in [0.29, 0.717) is 11.7 Å². The van der Waals surface area contributed by atoms with E-state index in [0.717, 1.165) is 45.1 Å². The molecule has 3 heteroatoms. The second-order valence-electron chi connectivity index (χ2n) is 8.97. The molecule has 1 fully saturated rings. The monoisotopic (exact) mass is 411 g/mol. The number of benzene rings is 3. The molecule has 3 aromatic carbocycles. The van der Waals surface area contributed by atoms with Gasteiger partial charge in [0.2, 0.25) is 0 Å². The number of aldehydes is 1. The zero-order chi connectivity index (χ0) is 21.2. The van der Waals surface area contributed by atoms with Gasteiger partial charge in [-0.2, -0.15) is 0 Å². The Morgan fingerprint density at radius 2 is 1.58 bits per heavy atom. The van der Waals surface area contributed by atoms with Crippen molar-refractivity contribution >= 4 is 12.0 Å². The van der Waals surface area contributed by atoms with E-state index in [1.54, 1.807) is 0 Å². The number of carbonyl (C=O) groups is 1. The number of hydrogen-bond donors (Lipinski definition) is 1. The molecule has 1 N–H and O–H groups in total. The van der Waals surface area contributed by atoms with Gasteiger partial charge in [0.25, 0.3) is 0 Å². The summed E-state index contributed by atoms with van der Waals surface area (Å²) in [5.74, 6) is 1.27. The van der Waals surface area contributed by atoms with Crippen molar-refractivity contribution in [1.29, 1.82) is 0 Å². The molecule has 158 valence electrons. The first-order chi connectivity index (χ1) is 15.2. The molecule has 31 heavy (non-hydrogen) atoms. The number of anilines is 1. The number of rotatable bonds is 4. The van der Waals surface area contributed by atoms with Crippen LogP contribution in [-0.2, 0) is 11.2 Å². The number of aromatic hydroxyl groups is 1. The van der Waals surface area contributed by atoms with Crippen LogP contribution >= 0.6 is 0 Å². The molecule has 0 aromatic heterocycles. The Kier molecular flexibility index (Phi) is 5.50. The van der Waals surface area contributed by atoms with E-state index in [9.17, 15) is 9.90 Å². The summed E-state index contributed by atoms with van der Waals surface area (Å²) in [5, 5.41) is 10.0. The summed E-state index contributed by atoms with van der Waals surface area (Å²) in [6.07, 6.45) is 5.07. The summed E-state index contributed by atoms with van der Waals surface area (Å²) in [7, 11) is 0. The van der Waals surface area contributed by atoms with Crippen molar-refractivity contribution in [2.75, 3.05) is 18.0 Å². The maximum atomic E-state index is 11.1. The number of fused-ring (bicyclic) bond motifs is 1. The highest BCUT2D eigenvalue weighted by atomic mass is 16.3. The van der Waals surface area contributed by atoms with Crippen molar-refractivity contribution in [3.05, 3.63) is 95.1 Å². The van der Waals surface area contributed by atoms with Gasteiger partial charge in [-0.3, -0.25) is 0 Å². The second-order valence-corrected chi connectivity index (χ2v) is 8.97. The van der Waals surface area contributed by atoms with Gasteiger partial charge in [0.15, 0.2) is 0 Å². The lowest BCUT2D eigenvalue weighted by Gasteiger charge is -2.35. The average Bonchev–Trinajstić information content (AvgIpc) is 2.84. The molecule has 0 bridgehead atoms. The summed E-state index contributed by atoms with van der Waals surface area (Å²) in [5.41, 5.74) is 6.54. The van der Waals surface area contributed by atoms with E-state index < -0.39 is 0 Å². The van der Waals surface area contributed by atoms with Crippen molar-refractivity contribution < 1.29 is 9.90 Å². The van der Waals surface area contributed by atoms with Crippen LogP contribution in [0.5, 0.6) is 5.75 Å². The van der Waals surface area contributed by atoms with Crippen LogP contribution in [0.15, 0.2) is 72.8 Å². The lowest BCUT2D eigenvalue weighted by atomic mass is 9.69. The molecular weight excluding hydrogens is 382 g/mol. The molecule has 0 radical (unpaired) electrons. The van der Waals surface area contributed by atoms with Gasteiger partial charge in [-0.15, -0.1) is 0 Å². The summed E-state index contributed by atoms with van der Waals surface area (Å²) in [6.45, 7) is 1.89. The Hall–Kier alpha value is -3.07. The molecule has 0 unspecified atom stereocenters. The van der Waals surface area contributed by atoms with Crippen LogP contribution in [0, 0.1) is 5.92 Å². The summed E-state index contributed by atoms with van der Waals surface area (Å²) in [4.78, 5) is 13.5. The van der Waals surface area contributed by atoms with Gasteiger partial charge >= 0.3 is 0 Å². The Morgan fingerprint density at radius 3 is 2.29 bits per heavy atom. The summed E-state index contributed by atoms with van der Waals surface area (Å²) in [6, 6.07) is 25.8. The van der Waals surface area contributed by atoms with E-state index in [2.05, 4.69) is 65.6 Å². The largest absolute Gasteiger partial charge is 0.508 e. The van der Waals surface area contributed by atoms with Crippen molar-refractivity contribution in [3.8, 4) is 5.75 Å². The molecular formula is C28H29NO2. The fraction of sp³-hybridized carbons (Fsp3) is 0.321. The molecule has 3 aromatic rings. The average molecular weight is 412 g/mol. The normalized spacial score (nSPS) is 21.5. The molecule has 5 rings (SSSR count). The van der Waals surface area contributed by atoms with Crippen LogP contribution in [0.4, 0.5) is 5.69 Å². The zero-order valence-corrected chi connectivity index (χ0v) is 17.8. The summed E-state index contributed by atoms with van der Waals surface area (Å²) < 4.78 is 0. The third-order valence-electron chi connectivity index (χ3n) is 7.17. The highest BCUT2D eigenvalue weighted by Crippen LogP contribution is 2.47. The fourth-order valence-electron chi connectivity index (χ4n) is 5.46. The number of nitrogens with zero attached hydrogens (tertiary/aromatic N) is 1. The number of hydrogen-bond acceptors (Lipinski definition) is 3. The van der Waals surface area contributed by atoms with E-state index >= 15 is 0 Å². The quantitative estimate of drug-likeness (QED) is 0.563. The number of carbonyl (C=O) groups excluding carboxylic acids is 1. The standard InChI is InChI=1S/C28H29NO2/c30-19-20-14-16-29(17-15-20)24-9-6-22(7-10-24)28-26(21-4-2-1-3-5-21)12-8-23-18-25(31)11-13-27(23)28/h1-7,9-11,13,18-20,26,28,31H,8,12,14-17H2/t26-,28+/m1/s1. The molecule has 0 spiro atoms. The van der Waals surface area contributed by atoms with Crippen LogP contribution in [0.3, 0.4) is 0 Å². The summed E-state index contributed by atoms with van der Waals surface area (Å²) >= 11 is 0. The van der Waals surface area contributed by atoms with Crippen molar-refractivity contribution in [3.63, 3.8) is 0 Å². The Labute approximate surface area is 184 Å². The Bertz CT molecular complexity index is 1040. The highest BCUT2D eigenvalue weighted by molar-refractivity contribution is 5.56. The first-order valence-corrected chi connectivity index (χ1v) is 11.4. The second kappa shape index (κ2) is 8.58. The number of piperidine rings is 1. The molecule has 3 nitrogen and oxygen atoms in total. The lowest BCUT2D eigenvalue weighted by Crippen LogP contribution is -2.34. The van der Waals surface area contributed by atoms with Crippen LogP contribution in [0.1, 0.15) is 53.4 Å². The SMILES string of the molecule is O=CC1CCN(c2ccc([C@@H]3c4ccc(O)cc4CC[C@@H]3c3ccccc3)cc2)CC1. The Morgan fingerprint density at radius 1 is 0.839 bits per heavy atom. The maximum absolute atomic E-state index is 11.1. The molecule has 2 atom stereocenters. The first kappa shape index (κ1) is 19.9. The molecule has 0 saturated carbocycles. The first-order valence-electron chi connectivity index (χ1n) is 11.4. The zero-order valence-electron chi connectivity index (χ0n) is 17.8. The predicted octanol–water partition coefficient (Wildman–Crippen LogP) is 5.67. The van der Waals surface area contributed by atoms with Gasteiger partial charge < -0.3 is 14.8 Å². The Balaban J connectivity index is 1.47. The van der Waals surface area contributed by atoms with Crippen LogP contribution in [-0.4, -0.2) is 24.5 Å². The molecule has 2 aliphatic rings. The number of phenols is 1. The number of aryl methyl sites for hydroxylation is 1. The lowest BCUT2D eigenvalue weighted by molar-refractivity contribution is -0.111. The maximum Gasteiger partial charge on any atom is 0.123 e. The minimum atomic E-state index is 0.220. The molecule has 1 heterocycles. The third kappa shape index (κ3) is 3.97. The number of phenolic OH excluding ortho intramolecular Hbond substituents is 1. The van der Waals surface area contributed by atoms with Crippen molar-refractivity contribution in [2.45, 2.75) is 37.5 Å². The van der Waals surface area contributed by atoms with Gasteiger partial charge in [-0.25, -0.2) is 0 Å². The van der Waals surface area contributed by atoms with Crippen LogP contribution in [0.2, 0.25) is 0 Å². The van der Waals surface area contributed by atoms with Crippen molar-refractivity contribution in [1.82, 2.24) is 0 Å². The van der Waals surface area contributed by atoms with Gasteiger partial charge in [0.1, 0.15) is 12.0 Å². The smallest absolute Gasteiger partial charge is 0.123 e. The molecule has 0 amide bonds. The van der Waals surface area contributed by atoms with E-state index in [-0.39, 0.29) is 11.8 Å². The minimum Gasteiger partial charge on any atom is -0.508 e. The third-order valence-corrected chi connectivity index (χ3v) is 7.17. The van der Waals surface area contributed by atoms with Gasteiger partial charge in [-0.05, 0) is 78.1 Å². The van der Waals surface area contributed by atoms with Gasteiger partial charge in [0, 0.05) is 30.6 Å². The molecule has 1 saturated heterocycles. The van der Waals surface area contributed by atoms with E-state index in [1.807, 2.05) is 12.1 Å². The van der Waals surface area contributed by atoms with Gasteiger partial charge in [-0.1, -0.05) is 48.5 Å². The topological polar surface area (TPSA) is 40.5 Å². The van der Waals surface area contributed by atoms with Crippen molar-refractivity contribution in [2.24, 2.45) is 5.92 Å². The van der Waals surface area contributed by atoms with Crippen LogP contribution in [0.25, 0.3) is 0 Å².